The van der Waals surface area contributed by atoms with E-state index in [1.807, 2.05) is 12.1 Å². The normalized spacial score (nSPS) is 11.7. The van der Waals surface area contributed by atoms with E-state index in [4.69, 9.17) is 14.0 Å². The van der Waals surface area contributed by atoms with Gasteiger partial charge in [-0.05, 0) is 37.3 Å². The lowest BCUT2D eigenvalue weighted by Crippen LogP contribution is -2.26. The first-order valence-electron chi connectivity index (χ1n) is 8.04. The van der Waals surface area contributed by atoms with Gasteiger partial charge in [0.1, 0.15) is 6.04 Å². The van der Waals surface area contributed by atoms with Crippen LogP contribution in [-0.4, -0.2) is 30.3 Å². The second-order valence-electron chi connectivity index (χ2n) is 5.59. The van der Waals surface area contributed by atoms with Crippen molar-refractivity contribution in [2.45, 2.75) is 13.0 Å². The molecule has 3 rings (SSSR count). The lowest BCUT2D eigenvalue weighted by molar-refractivity contribution is 0.0932. The van der Waals surface area contributed by atoms with Gasteiger partial charge in [-0.2, -0.15) is 4.98 Å². The van der Waals surface area contributed by atoms with Crippen molar-refractivity contribution in [2.24, 2.45) is 0 Å². The first-order chi connectivity index (χ1) is 12.6. The molecule has 3 aromatic rings. The maximum atomic E-state index is 12.2. The predicted molar refractivity (Wildman–Crippen MR) is 95.2 cm³/mol. The Morgan fingerprint density at radius 3 is 2.50 bits per heavy atom. The number of carbonyl (C=O) groups is 1. The van der Waals surface area contributed by atoms with Gasteiger partial charge in [0, 0.05) is 11.1 Å². The van der Waals surface area contributed by atoms with Crippen LogP contribution < -0.4 is 14.8 Å². The minimum Gasteiger partial charge on any atom is -0.493 e. The zero-order valence-corrected chi connectivity index (χ0v) is 14.7. The average Bonchev–Trinajstić information content (AvgIpc) is 3.18. The van der Waals surface area contributed by atoms with Crippen molar-refractivity contribution < 1.29 is 18.8 Å². The van der Waals surface area contributed by atoms with Gasteiger partial charge in [-0.1, -0.05) is 23.4 Å². The molecule has 1 atom stereocenters. The van der Waals surface area contributed by atoms with E-state index in [1.165, 1.54) is 0 Å². The summed E-state index contributed by atoms with van der Waals surface area (Å²) in [5, 5.41) is 6.82. The molecule has 2 aromatic carbocycles. The van der Waals surface area contributed by atoms with Crippen LogP contribution in [0.5, 0.6) is 11.5 Å². The summed E-state index contributed by atoms with van der Waals surface area (Å²) in [6.45, 7) is 1.78. The maximum absolute atomic E-state index is 12.2. The molecule has 0 aliphatic carbocycles. The molecule has 0 spiro atoms. The Balaban J connectivity index is 1.76. The number of ether oxygens (including phenoxy) is 2. The molecule has 1 aromatic heterocycles. The van der Waals surface area contributed by atoms with E-state index in [0.717, 1.165) is 5.56 Å². The molecule has 1 N–H and O–H groups in total. The number of hydrogen-bond donors (Lipinski definition) is 1. The predicted octanol–water partition coefficient (Wildman–Crippen LogP) is 3.24. The van der Waals surface area contributed by atoms with Crippen LogP contribution in [0.2, 0.25) is 0 Å². The monoisotopic (exact) mass is 353 g/mol. The van der Waals surface area contributed by atoms with Crippen molar-refractivity contribution in [1.82, 2.24) is 15.5 Å². The van der Waals surface area contributed by atoms with Crippen molar-refractivity contribution in [1.29, 1.82) is 0 Å². The Labute approximate surface area is 150 Å². The molecule has 134 valence electrons. The molecule has 0 saturated heterocycles. The molecule has 7 heteroatoms. The zero-order valence-electron chi connectivity index (χ0n) is 14.7. The van der Waals surface area contributed by atoms with E-state index in [0.29, 0.717) is 28.8 Å². The summed E-state index contributed by atoms with van der Waals surface area (Å²) in [6, 6.07) is 13.9. The summed E-state index contributed by atoms with van der Waals surface area (Å²) in [5.41, 5.74) is 1.29. The molecule has 1 heterocycles. The van der Waals surface area contributed by atoms with Crippen LogP contribution >= 0.6 is 0 Å². The fourth-order valence-corrected chi connectivity index (χ4v) is 2.43. The van der Waals surface area contributed by atoms with E-state index in [2.05, 4.69) is 15.5 Å². The van der Waals surface area contributed by atoms with Gasteiger partial charge in [-0.15, -0.1) is 0 Å². The highest BCUT2D eigenvalue weighted by atomic mass is 16.5. The Morgan fingerprint density at radius 1 is 1.08 bits per heavy atom. The van der Waals surface area contributed by atoms with Crippen LogP contribution in [-0.2, 0) is 0 Å². The van der Waals surface area contributed by atoms with Crippen molar-refractivity contribution in [2.75, 3.05) is 14.2 Å². The van der Waals surface area contributed by atoms with Gasteiger partial charge in [0.05, 0.1) is 14.2 Å². The molecule has 1 amide bonds. The van der Waals surface area contributed by atoms with Crippen LogP contribution in [0.25, 0.3) is 11.4 Å². The fraction of sp³-hybridized carbons (Fsp3) is 0.211. The molecule has 0 radical (unpaired) electrons. The van der Waals surface area contributed by atoms with Crippen molar-refractivity contribution in [3.05, 3.63) is 60.0 Å². The Morgan fingerprint density at radius 2 is 1.81 bits per heavy atom. The number of rotatable bonds is 6. The highest BCUT2D eigenvalue weighted by Crippen LogP contribution is 2.31. The molecule has 7 nitrogen and oxygen atoms in total. The van der Waals surface area contributed by atoms with E-state index in [9.17, 15) is 4.79 Å². The number of nitrogens with zero attached hydrogens (tertiary/aromatic N) is 2. The smallest absolute Gasteiger partial charge is 0.251 e. The molecule has 0 saturated carbocycles. The standard InChI is InChI=1S/C19H19N3O4/c1-12(20-18(23)13-7-5-4-6-8-13)19-21-17(22-26-19)14-9-10-15(24-2)16(11-14)25-3/h4-12H,1-3H3,(H,20,23). The number of nitrogens with one attached hydrogen (secondary N) is 1. The van der Waals surface area contributed by atoms with Crippen LogP contribution in [0.15, 0.2) is 53.1 Å². The highest BCUT2D eigenvalue weighted by Gasteiger charge is 2.18. The molecule has 0 aliphatic heterocycles. The molecular weight excluding hydrogens is 334 g/mol. The number of methoxy groups -OCH3 is 2. The Hall–Kier alpha value is -3.35. The van der Waals surface area contributed by atoms with E-state index < -0.39 is 6.04 Å². The fourth-order valence-electron chi connectivity index (χ4n) is 2.43. The second-order valence-corrected chi connectivity index (χ2v) is 5.59. The Kier molecular flexibility index (Phi) is 5.17. The average molecular weight is 353 g/mol. The molecule has 0 bridgehead atoms. The summed E-state index contributed by atoms with van der Waals surface area (Å²) in [7, 11) is 3.13. The molecule has 0 aliphatic rings. The SMILES string of the molecule is COc1ccc(-c2noc(C(C)NC(=O)c3ccccc3)n2)cc1OC. The van der Waals surface area contributed by atoms with Crippen molar-refractivity contribution >= 4 is 5.91 Å². The minimum absolute atomic E-state index is 0.205. The first-order valence-corrected chi connectivity index (χ1v) is 8.04. The quantitative estimate of drug-likeness (QED) is 0.732. The minimum atomic E-state index is -0.427. The van der Waals surface area contributed by atoms with E-state index in [-0.39, 0.29) is 5.91 Å². The van der Waals surface area contributed by atoms with Gasteiger partial charge in [0.25, 0.3) is 5.91 Å². The number of hydrogen-bond acceptors (Lipinski definition) is 6. The lowest BCUT2D eigenvalue weighted by atomic mass is 10.2. The Bertz CT molecular complexity index is 893. The van der Waals surface area contributed by atoms with Gasteiger partial charge >= 0.3 is 0 Å². The van der Waals surface area contributed by atoms with E-state index in [1.54, 1.807) is 57.5 Å². The van der Waals surface area contributed by atoms with Gasteiger partial charge in [-0.25, -0.2) is 0 Å². The van der Waals surface area contributed by atoms with Crippen molar-refractivity contribution in [3.8, 4) is 22.9 Å². The first kappa shape index (κ1) is 17.5. The third-order valence-corrected chi connectivity index (χ3v) is 3.84. The highest BCUT2D eigenvalue weighted by molar-refractivity contribution is 5.94. The topological polar surface area (TPSA) is 86.5 Å². The van der Waals surface area contributed by atoms with Gasteiger partial charge < -0.3 is 19.3 Å². The zero-order chi connectivity index (χ0) is 18.5. The number of carbonyl (C=O) groups excluding carboxylic acids is 1. The summed E-state index contributed by atoms with van der Waals surface area (Å²) in [4.78, 5) is 16.6. The third kappa shape index (κ3) is 3.66. The summed E-state index contributed by atoms with van der Waals surface area (Å²) >= 11 is 0. The number of aromatic nitrogens is 2. The molecule has 0 fully saturated rings. The van der Waals surface area contributed by atoms with Crippen LogP contribution in [0.1, 0.15) is 29.2 Å². The van der Waals surface area contributed by atoms with Crippen LogP contribution in [0.4, 0.5) is 0 Å². The summed E-state index contributed by atoms with van der Waals surface area (Å²) in [6.07, 6.45) is 0. The van der Waals surface area contributed by atoms with E-state index >= 15 is 0 Å². The number of benzene rings is 2. The summed E-state index contributed by atoms with van der Waals surface area (Å²) in [5.74, 6) is 1.70. The molecular formula is C19H19N3O4. The molecule has 26 heavy (non-hydrogen) atoms. The third-order valence-electron chi connectivity index (χ3n) is 3.84. The summed E-state index contributed by atoms with van der Waals surface area (Å²) < 4.78 is 15.8. The van der Waals surface area contributed by atoms with Crippen LogP contribution in [0, 0.1) is 0 Å². The van der Waals surface area contributed by atoms with Gasteiger partial charge in [0.2, 0.25) is 11.7 Å². The largest absolute Gasteiger partial charge is 0.493 e. The van der Waals surface area contributed by atoms with Crippen LogP contribution in [0.3, 0.4) is 0 Å². The van der Waals surface area contributed by atoms with Gasteiger partial charge in [-0.3, -0.25) is 4.79 Å². The molecule has 1 unspecified atom stereocenters. The lowest BCUT2D eigenvalue weighted by Gasteiger charge is -2.09. The second kappa shape index (κ2) is 7.69. The number of amides is 1. The van der Waals surface area contributed by atoms with Gasteiger partial charge in [0.15, 0.2) is 11.5 Å². The maximum Gasteiger partial charge on any atom is 0.251 e. The van der Waals surface area contributed by atoms with Crippen molar-refractivity contribution in [3.63, 3.8) is 0 Å².